The van der Waals surface area contributed by atoms with Crippen molar-refractivity contribution in [2.45, 2.75) is 76.6 Å². The number of carbonyl (C=O) groups is 1. The first kappa shape index (κ1) is 15.6. The van der Waals surface area contributed by atoms with Crippen molar-refractivity contribution in [1.82, 2.24) is 10.6 Å². The maximum Gasteiger partial charge on any atom is 0.407 e. The minimum atomic E-state index is -0.438. The second-order valence-electron chi connectivity index (χ2n) is 6.84. The molecule has 0 aromatic rings. The van der Waals surface area contributed by atoms with Crippen molar-refractivity contribution < 1.29 is 14.3 Å². The van der Waals surface area contributed by atoms with Crippen molar-refractivity contribution >= 4 is 6.09 Å². The van der Waals surface area contributed by atoms with Crippen LogP contribution in [-0.4, -0.2) is 43.0 Å². The lowest BCUT2D eigenvalue weighted by atomic mass is 10.1. The van der Waals surface area contributed by atoms with Crippen molar-refractivity contribution in [3.05, 3.63) is 0 Å². The zero-order valence-corrected chi connectivity index (χ0v) is 12.9. The Morgan fingerprint density at radius 1 is 1.10 bits per heavy atom. The van der Waals surface area contributed by atoms with E-state index in [2.05, 4.69) is 10.6 Å². The molecule has 1 aliphatic carbocycles. The topological polar surface area (TPSA) is 59.6 Å². The summed E-state index contributed by atoms with van der Waals surface area (Å²) in [5, 5.41) is 6.71. The quantitative estimate of drug-likeness (QED) is 0.834. The van der Waals surface area contributed by atoms with Crippen LogP contribution in [0, 0.1) is 0 Å². The molecular weight excluding hydrogens is 256 g/mol. The Kier molecular flexibility index (Phi) is 5.27. The van der Waals surface area contributed by atoms with Crippen LogP contribution in [0.4, 0.5) is 4.79 Å². The van der Waals surface area contributed by atoms with E-state index < -0.39 is 5.60 Å². The zero-order valence-electron chi connectivity index (χ0n) is 12.9. The molecule has 2 unspecified atom stereocenters. The van der Waals surface area contributed by atoms with E-state index in [-0.39, 0.29) is 12.1 Å². The molecule has 0 aromatic heterocycles. The van der Waals surface area contributed by atoms with Crippen molar-refractivity contribution in [3.63, 3.8) is 0 Å². The molecule has 20 heavy (non-hydrogen) atoms. The van der Waals surface area contributed by atoms with Gasteiger partial charge in [-0.3, -0.25) is 0 Å². The fourth-order valence-corrected chi connectivity index (χ4v) is 2.96. The first-order valence-electron chi connectivity index (χ1n) is 7.77. The van der Waals surface area contributed by atoms with E-state index in [0.29, 0.717) is 12.1 Å². The van der Waals surface area contributed by atoms with Crippen LogP contribution in [0.15, 0.2) is 0 Å². The van der Waals surface area contributed by atoms with Crippen LogP contribution in [0.2, 0.25) is 0 Å². The molecule has 0 spiro atoms. The average Bonchev–Trinajstić information content (AvgIpc) is 2.75. The SMILES string of the molecule is CC(C)(C)OC(=O)NC1CCCC1NC1CCOCC1. The van der Waals surface area contributed by atoms with E-state index in [4.69, 9.17) is 9.47 Å². The predicted octanol–water partition coefficient (Wildman–Crippen LogP) is 2.20. The Hall–Kier alpha value is -0.810. The maximum atomic E-state index is 11.9. The molecule has 1 aliphatic heterocycles. The van der Waals surface area contributed by atoms with Gasteiger partial charge in [-0.15, -0.1) is 0 Å². The number of hydrogen-bond donors (Lipinski definition) is 2. The molecule has 1 saturated carbocycles. The molecule has 5 nitrogen and oxygen atoms in total. The molecular formula is C15H28N2O3. The van der Waals surface area contributed by atoms with Gasteiger partial charge in [0.2, 0.25) is 0 Å². The maximum absolute atomic E-state index is 11.9. The highest BCUT2D eigenvalue weighted by Crippen LogP contribution is 2.22. The number of rotatable bonds is 3. The van der Waals surface area contributed by atoms with Crippen LogP contribution in [0.3, 0.4) is 0 Å². The van der Waals surface area contributed by atoms with E-state index in [1.54, 1.807) is 0 Å². The number of nitrogens with one attached hydrogen (secondary N) is 2. The van der Waals surface area contributed by atoms with Gasteiger partial charge in [-0.05, 0) is 52.9 Å². The average molecular weight is 284 g/mol. The van der Waals surface area contributed by atoms with Gasteiger partial charge in [0.25, 0.3) is 0 Å². The first-order valence-corrected chi connectivity index (χ1v) is 7.77. The molecule has 2 N–H and O–H groups in total. The van der Waals surface area contributed by atoms with Crippen LogP contribution in [0.1, 0.15) is 52.9 Å². The van der Waals surface area contributed by atoms with Gasteiger partial charge < -0.3 is 20.1 Å². The van der Waals surface area contributed by atoms with Crippen LogP contribution in [-0.2, 0) is 9.47 Å². The molecule has 2 atom stereocenters. The Bertz CT molecular complexity index is 322. The van der Waals surface area contributed by atoms with Crippen molar-refractivity contribution in [2.75, 3.05) is 13.2 Å². The van der Waals surface area contributed by atoms with E-state index >= 15 is 0 Å². The van der Waals surface area contributed by atoms with Gasteiger partial charge in [0, 0.05) is 31.3 Å². The molecule has 1 saturated heterocycles. The van der Waals surface area contributed by atoms with Gasteiger partial charge in [0.05, 0.1) is 0 Å². The summed E-state index contributed by atoms with van der Waals surface area (Å²) in [5.74, 6) is 0. The molecule has 2 rings (SSSR count). The fraction of sp³-hybridized carbons (Fsp3) is 0.933. The molecule has 0 bridgehead atoms. The first-order chi connectivity index (χ1) is 9.44. The molecule has 116 valence electrons. The number of ether oxygens (including phenoxy) is 2. The second kappa shape index (κ2) is 6.76. The summed E-state index contributed by atoms with van der Waals surface area (Å²) in [6.07, 6.45) is 5.13. The number of alkyl carbamates (subject to hydrolysis) is 1. The second-order valence-corrected chi connectivity index (χ2v) is 6.84. The summed E-state index contributed by atoms with van der Waals surface area (Å²) in [4.78, 5) is 11.9. The highest BCUT2D eigenvalue weighted by molar-refractivity contribution is 5.68. The number of amides is 1. The third-order valence-corrected chi connectivity index (χ3v) is 3.89. The Morgan fingerprint density at radius 2 is 1.75 bits per heavy atom. The summed E-state index contributed by atoms with van der Waals surface area (Å²) in [5.41, 5.74) is -0.438. The summed E-state index contributed by atoms with van der Waals surface area (Å²) < 4.78 is 10.7. The number of carbonyl (C=O) groups excluding carboxylic acids is 1. The van der Waals surface area contributed by atoms with Gasteiger partial charge in [-0.25, -0.2) is 4.79 Å². The Morgan fingerprint density at radius 3 is 2.40 bits per heavy atom. The van der Waals surface area contributed by atoms with E-state index in [1.165, 1.54) is 0 Å². The van der Waals surface area contributed by atoms with E-state index in [9.17, 15) is 4.79 Å². The van der Waals surface area contributed by atoms with Crippen molar-refractivity contribution in [3.8, 4) is 0 Å². The lowest BCUT2D eigenvalue weighted by molar-refractivity contribution is 0.0485. The predicted molar refractivity (Wildman–Crippen MR) is 77.8 cm³/mol. The number of hydrogen-bond acceptors (Lipinski definition) is 4. The smallest absolute Gasteiger partial charge is 0.407 e. The molecule has 1 heterocycles. The third-order valence-electron chi connectivity index (χ3n) is 3.89. The summed E-state index contributed by atoms with van der Waals surface area (Å²) in [7, 11) is 0. The monoisotopic (exact) mass is 284 g/mol. The minimum absolute atomic E-state index is 0.188. The Labute approximate surface area is 121 Å². The molecule has 0 radical (unpaired) electrons. The van der Waals surface area contributed by atoms with Gasteiger partial charge in [0.1, 0.15) is 5.60 Å². The lowest BCUT2D eigenvalue weighted by Crippen LogP contribution is -2.51. The molecule has 2 aliphatic rings. The third kappa shape index (κ3) is 4.94. The zero-order chi connectivity index (χ0) is 14.6. The van der Waals surface area contributed by atoms with Crippen molar-refractivity contribution in [1.29, 1.82) is 0 Å². The Balaban J connectivity index is 1.79. The fourth-order valence-electron chi connectivity index (χ4n) is 2.96. The standard InChI is InChI=1S/C15H28N2O3/c1-15(2,3)20-14(18)17-13-6-4-5-12(13)16-11-7-9-19-10-8-11/h11-13,16H,4-10H2,1-3H3,(H,17,18). The van der Waals surface area contributed by atoms with E-state index in [0.717, 1.165) is 45.3 Å². The van der Waals surface area contributed by atoms with Gasteiger partial charge >= 0.3 is 6.09 Å². The van der Waals surface area contributed by atoms with E-state index in [1.807, 2.05) is 20.8 Å². The molecule has 2 fully saturated rings. The van der Waals surface area contributed by atoms with Gasteiger partial charge in [-0.1, -0.05) is 0 Å². The minimum Gasteiger partial charge on any atom is -0.444 e. The van der Waals surface area contributed by atoms with Crippen LogP contribution >= 0.6 is 0 Å². The molecule has 5 heteroatoms. The highest BCUT2D eigenvalue weighted by Gasteiger charge is 2.31. The van der Waals surface area contributed by atoms with Crippen LogP contribution in [0.5, 0.6) is 0 Å². The van der Waals surface area contributed by atoms with Gasteiger partial charge in [-0.2, -0.15) is 0 Å². The normalized spacial score (nSPS) is 28.4. The molecule has 0 aromatic carbocycles. The van der Waals surface area contributed by atoms with Crippen molar-refractivity contribution in [2.24, 2.45) is 0 Å². The summed E-state index contributed by atoms with van der Waals surface area (Å²) >= 11 is 0. The summed E-state index contributed by atoms with van der Waals surface area (Å²) in [6, 6.07) is 1.08. The lowest BCUT2D eigenvalue weighted by Gasteiger charge is -2.30. The summed E-state index contributed by atoms with van der Waals surface area (Å²) in [6.45, 7) is 7.35. The largest absolute Gasteiger partial charge is 0.444 e. The van der Waals surface area contributed by atoms with Crippen LogP contribution in [0.25, 0.3) is 0 Å². The highest BCUT2D eigenvalue weighted by atomic mass is 16.6. The molecule has 1 amide bonds. The van der Waals surface area contributed by atoms with Crippen LogP contribution < -0.4 is 10.6 Å². The van der Waals surface area contributed by atoms with Gasteiger partial charge in [0.15, 0.2) is 0 Å².